The number of carbonyl (C=O) groups is 2. The maximum absolute atomic E-state index is 14.2. The van der Waals surface area contributed by atoms with Crippen LogP contribution in [0.5, 0.6) is 0 Å². The molecule has 0 bridgehead atoms. The van der Waals surface area contributed by atoms with Crippen molar-refractivity contribution in [3.63, 3.8) is 0 Å². The summed E-state index contributed by atoms with van der Waals surface area (Å²) in [5, 5.41) is 0. The van der Waals surface area contributed by atoms with Crippen molar-refractivity contribution in [2.45, 2.75) is 48.6 Å². The maximum atomic E-state index is 14.2. The molecule has 0 unspecified atom stereocenters. The van der Waals surface area contributed by atoms with Gasteiger partial charge in [-0.2, -0.15) is 9.44 Å². The Kier molecular flexibility index (Phi) is 18.2. The molecule has 0 saturated carbocycles. The Balaban J connectivity index is 1.22. The van der Waals surface area contributed by atoms with Gasteiger partial charge in [0.05, 0.1) is 62.6 Å². The number of amides is 2. The Morgan fingerprint density at radius 2 is 0.783 bits per heavy atom. The molecule has 1 heterocycles. The molecule has 1 aliphatic rings. The predicted molar refractivity (Wildman–Crippen MR) is 227 cm³/mol. The van der Waals surface area contributed by atoms with Crippen LogP contribution in [0.2, 0.25) is 0 Å². The summed E-state index contributed by atoms with van der Waals surface area (Å²) >= 11 is 0. The highest BCUT2D eigenvalue weighted by molar-refractivity contribution is 7.89. The number of carbonyl (C=O) groups excluding carboxylic acids is 2. The largest absolute Gasteiger partial charge is 0.377 e. The van der Waals surface area contributed by atoms with Gasteiger partial charge in [-0.1, -0.05) is 96.1 Å². The summed E-state index contributed by atoms with van der Waals surface area (Å²) < 4.78 is 82.7. The van der Waals surface area contributed by atoms with E-state index >= 15 is 0 Å². The van der Waals surface area contributed by atoms with Crippen LogP contribution in [0.25, 0.3) is 0 Å². The Morgan fingerprint density at radius 1 is 0.483 bits per heavy atom. The first-order valence-corrected chi connectivity index (χ1v) is 23.0. The van der Waals surface area contributed by atoms with Gasteiger partial charge in [0.1, 0.15) is 12.1 Å². The van der Waals surface area contributed by atoms with E-state index in [2.05, 4.69) is 9.44 Å². The average Bonchev–Trinajstić information content (AvgIpc) is 3.23. The molecular formula is C44H56N4O10S2. The normalized spacial score (nSPS) is 16.9. The number of hydrogen-bond donors (Lipinski definition) is 2. The Hall–Kier alpha value is -4.52. The van der Waals surface area contributed by atoms with Gasteiger partial charge < -0.3 is 28.7 Å². The van der Waals surface area contributed by atoms with Gasteiger partial charge >= 0.3 is 0 Å². The Labute approximate surface area is 354 Å². The lowest BCUT2D eigenvalue weighted by atomic mass is 10.1. The monoisotopic (exact) mass is 864 g/mol. The molecule has 2 amide bonds. The smallest absolute Gasteiger partial charge is 0.241 e. The molecule has 1 saturated heterocycles. The van der Waals surface area contributed by atoms with Crippen LogP contribution < -0.4 is 9.44 Å². The predicted octanol–water partition coefficient (Wildman–Crippen LogP) is 3.52. The van der Waals surface area contributed by atoms with Crippen molar-refractivity contribution >= 4 is 31.9 Å². The zero-order chi connectivity index (χ0) is 42.8. The standard InChI is InChI=1S/C44H56N4O10S2/c1-35-13-17-39(18-14-35)59(51,52)45-41(33-37-9-5-3-6-10-37)43(49)47-21-25-55-29-31-57-27-23-48(24-28-58-32-30-56-26-22-47)44(50)42(34-38-11-7-4-8-12-38)46-60(53,54)40-19-15-36(2)16-20-40/h3-20,41-42,45-46H,21-34H2,1-2H3/t41-,42-/m1/s1. The molecule has 1 aliphatic heterocycles. The molecule has 2 N–H and O–H groups in total. The van der Waals surface area contributed by atoms with Crippen molar-refractivity contribution in [2.24, 2.45) is 0 Å². The van der Waals surface area contributed by atoms with E-state index in [0.29, 0.717) is 0 Å². The third-order valence-electron chi connectivity index (χ3n) is 9.81. The number of benzene rings is 4. The third kappa shape index (κ3) is 14.9. The lowest BCUT2D eigenvalue weighted by Crippen LogP contribution is -2.51. The zero-order valence-electron chi connectivity index (χ0n) is 34.2. The molecule has 2 atom stereocenters. The van der Waals surface area contributed by atoms with Crippen molar-refractivity contribution in [2.75, 3.05) is 79.0 Å². The SMILES string of the molecule is Cc1ccc(S(=O)(=O)N[C@H](Cc2ccccc2)C(=O)N2CCOCCOCCN(C(=O)[C@@H](Cc3ccccc3)NS(=O)(=O)c3ccc(C)cc3)CCOCCOCC2)cc1. The van der Waals surface area contributed by atoms with Gasteiger partial charge in [-0.15, -0.1) is 0 Å². The van der Waals surface area contributed by atoms with Crippen LogP contribution in [0, 0.1) is 13.8 Å². The molecule has 0 aromatic heterocycles. The highest BCUT2D eigenvalue weighted by Crippen LogP contribution is 2.16. The van der Waals surface area contributed by atoms with Crippen molar-refractivity contribution < 1.29 is 45.4 Å². The number of rotatable bonds is 12. The first kappa shape index (κ1) is 46.5. The van der Waals surface area contributed by atoms with Crippen LogP contribution in [0.15, 0.2) is 119 Å². The number of sulfonamides is 2. The van der Waals surface area contributed by atoms with Crippen molar-refractivity contribution in [3.8, 4) is 0 Å². The maximum Gasteiger partial charge on any atom is 0.241 e. The number of nitrogens with zero attached hydrogens (tertiary/aromatic N) is 2. The van der Waals surface area contributed by atoms with Crippen LogP contribution in [-0.4, -0.2) is 130 Å². The second-order valence-electron chi connectivity index (χ2n) is 14.5. The van der Waals surface area contributed by atoms with Crippen molar-refractivity contribution in [3.05, 3.63) is 131 Å². The molecule has 60 heavy (non-hydrogen) atoms. The van der Waals surface area contributed by atoms with Crippen LogP contribution in [-0.2, 0) is 61.4 Å². The van der Waals surface area contributed by atoms with Gasteiger partial charge in [0.15, 0.2) is 0 Å². The number of aryl methyl sites for hydroxylation is 2. The minimum Gasteiger partial charge on any atom is -0.377 e. The summed E-state index contributed by atoms with van der Waals surface area (Å²) in [4.78, 5) is 31.5. The molecule has 324 valence electrons. The summed E-state index contributed by atoms with van der Waals surface area (Å²) in [7, 11) is -8.08. The summed E-state index contributed by atoms with van der Waals surface area (Å²) in [5.41, 5.74) is 3.40. The first-order valence-electron chi connectivity index (χ1n) is 20.1. The quantitative estimate of drug-likeness (QED) is 0.215. The lowest BCUT2D eigenvalue weighted by molar-refractivity contribution is -0.136. The number of ether oxygens (including phenoxy) is 4. The van der Waals surface area contributed by atoms with Crippen LogP contribution >= 0.6 is 0 Å². The minimum atomic E-state index is -4.04. The summed E-state index contributed by atoms with van der Waals surface area (Å²) in [6.45, 7) is 5.75. The average molecular weight is 865 g/mol. The second kappa shape index (κ2) is 23.5. The first-order chi connectivity index (χ1) is 28.9. The minimum absolute atomic E-state index is 0.0625. The Bertz CT molecular complexity index is 1970. The summed E-state index contributed by atoms with van der Waals surface area (Å²) in [5.74, 6) is -0.833. The molecule has 14 nitrogen and oxygen atoms in total. The second-order valence-corrected chi connectivity index (χ2v) is 17.9. The van der Waals surface area contributed by atoms with E-state index in [1.54, 1.807) is 34.1 Å². The fourth-order valence-corrected chi connectivity index (χ4v) is 8.83. The van der Waals surface area contributed by atoms with E-state index in [0.717, 1.165) is 22.3 Å². The van der Waals surface area contributed by atoms with Gasteiger partial charge in [0.2, 0.25) is 31.9 Å². The molecule has 5 rings (SSSR count). The zero-order valence-corrected chi connectivity index (χ0v) is 35.9. The number of hydrogen-bond acceptors (Lipinski definition) is 10. The van der Waals surface area contributed by atoms with E-state index in [4.69, 9.17) is 18.9 Å². The van der Waals surface area contributed by atoms with Gasteiger partial charge in [0, 0.05) is 26.2 Å². The van der Waals surface area contributed by atoms with E-state index in [-0.39, 0.29) is 102 Å². The third-order valence-corrected chi connectivity index (χ3v) is 12.8. The molecule has 1 fully saturated rings. The van der Waals surface area contributed by atoms with Gasteiger partial charge in [-0.3, -0.25) is 9.59 Å². The van der Waals surface area contributed by atoms with E-state index in [9.17, 15) is 26.4 Å². The molecule has 4 aromatic carbocycles. The molecule has 0 aliphatic carbocycles. The number of nitrogens with one attached hydrogen (secondary N) is 2. The summed E-state index contributed by atoms with van der Waals surface area (Å²) in [6, 6.07) is 29.1. The van der Waals surface area contributed by atoms with E-state index in [1.807, 2.05) is 74.5 Å². The van der Waals surface area contributed by atoms with Crippen molar-refractivity contribution in [1.29, 1.82) is 0 Å². The van der Waals surface area contributed by atoms with Crippen LogP contribution in [0.1, 0.15) is 22.3 Å². The van der Waals surface area contributed by atoms with Gasteiger partial charge in [0.25, 0.3) is 0 Å². The molecule has 16 heteroatoms. The van der Waals surface area contributed by atoms with Crippen LogP contribution in [0.4, 0.5) is 0 Å². The fraction of sp³-hybridized carbons (Fsp3) is 0.409. The highest BCUT2D eigenvalue weighted by atomic mass is 32.2. The fourth-order valence-electron chi connectivity index (χ4n) is 6.45. The van der Waals surface area contributed by atoms with Crippen molar-refractivity contribution in [1.82, 2.24) is 19.2 Å². The van der Waals surface area contributed by atoms with E-state index in [1.165, 1.54) is 24.3 Å². The van der Waals surface area contributed by atoms with Crippen LogP contribution in [0.3, 0.4) is 0 Å². The lowest BCUT2D eigenvalue weighted by Gasteiger charge is -2.29. The topological polar surface area (TPSA) is 170 Å². The molecule has 4 aromatic rings. The Morgan fingerprint density at radius 3 is 1.08 bits per heavy atom. The summed E-state index contributed by atoms with van der Waals surface area (Å²) in [6.07, 6.45) is 0.269. The van der Waals surface area contributed by atoms with Gasteiger partial charge in [-0.25, -0.2) is 16.8 Å². The van der Waals surface area contributed by atoms with E-state index < -0.39 is 43.9 Å². The molecule has 0 spiro atoms. The van der Waals surface area contributed by atoms with Gasteiger partial charge in [-0.05, 0) is 62.1 Å². The molecule has 0 radical (unpaired) electrons. The molecular weight excluding hydrogens is 809 g/mol. The highest BCUT2D eigenvalue weighted by Gasteiger charge is 2.31.